The molecule has 7 heteroatoms. The summed E-state index contributed by atoms with van der Waals surface area (Å²) in [5.41, 5.74) is 4.43. The van der Waals surface area contributed by atoms with Crippen LogP contribution in [0.15, 0.2) is 80.8 Å². The van der Waals surface area contributed by atoms with Crippen LogP contribution >= 0.6 is 31.9 Å². The Morgan fingerprint density at radius 2 is 1.68 bits per heavy atom. The minimum absolute atomic E-state index is 0.0773. The van der Waals surface area contributed by atoms with Gasteiger partial charge in [0.2, 0.25) is 0 Å². The maximum absolute atomic E-state index is 12.2. The van der Waals surface area contributed by atoms with Crippen molar-refractivity contribution in [2.45, 2.75) is 6.61 Å². The first-order valence-electron chi connectivity index (χ1n) is 8.30. The van der Waals surface area contributed by atoms with Crippen LogP contribution in [0.1, 0.15) is 21.5 Å². The lowest BCUT2D eigenvalue weighted by Gasteiger charge is -2.07. The molecule has 0 aromatic heterocycles. The van der Waals surface area contributed by atoms with E-state index in [1.165, 1.54) is 6.21 Å². The lowest BCUT2D eigenvalue weighted by molar-refractivity contribution is 0.0955. The van der Waals surface area contributed by atoms with Gasteiger partial charge < -0.3 is 9.84 Å². The standard InChI is InChI=1S/C21H16Br2N2O3/c22-17-5-1-14(2-6-17)13-28-19-8-3-15(4-9-19)21(27)25-24-12-16-11-18(23)7-10-20(16)26/h1-12,26H,13H2,(H,25,27)/b24-12+. The number of phenolic OH excluding ortho intramolecular Hbond substituents is 1. The van der Waals surface area contributed by atoms with Gasteiger partial charge in [0.05, 0.1) is 6.21 Å². The molecule has 0 fully saturated rings. The van der Waals surface area contributed by atoms with Gasteiger partial charge in [0.1, 0.15) is 18.1 Å². The van der Waals surface area contributed by atoms with E-state index in [2.05, 4.69) is 42.4 Å². The Bertz CT molecular complexity index is 988. The summed E-state index contributed by atoms with van der Waals surface area (Å²) in [5, 5.41) is 13.6. The Morgan fingerprint density at radius 1 is 1.00 bits per heavy atom. The summed E-state index contributed by atoms with van der Waals surface area (Å²) in [6.45, 7) is 0.444. The highest BCUT2D eigenvalue weighted by Crippen LogP contribution is 2.20. The number of nitrogens with one attached hydrogen (secondary N) is 1. The normalized spacial score (nSPS) is 10.8. The van der Waals surface area contributed by atoms with Crippen LogP contribution in [0.25, 0.3) is 0 Å². The van der Waals surface area contributed by atoms with E-state index in [0.717, 1.165) is 14.5 Å². The average molecular weight is 504 g/mol. The summed E-state index contributed by atoms with van der Waals surface area (Å²) >= 11 is 6.71. The Morgan fingerprint density at radius 3 is 2.39 bits per heavy atom. The topological polar surface area (TPSA) is 70.9 Å². The van der Waals surface area contributed by atoms with Gasteiger partial charge in [-0.1, -0.05) is 44.0 Å². The van der Waals surface area contributed by atoms with Gasteiger partial charge in [0.25, 0.3) is 5.91 Å². The van der Waals surface area contributed by atoms with E-state index in [1.807, 2.05) is 24.3 Å². The molecule has 28 heavy (non-hydrogen) atoms. The fourth-order valence-corrected chi connectivity index (χ4v) is 2.95. The van der Waals surface area contributed by atoms with Crippen LogP contribution in [0, 0.1) is 0 Å². The number of hydrazone groups is 1. The summed E-state index contributed by atoms with van der Waals surface area (Å²) in [5.74, 6) is 0.390. The van der Waals surface area contributed by atoms with Crippen molar-refractivity contribution >= 4 is 44.0 Å². The second-order valence-electron chi connectivity index (χ2n) is 5.84. The maximum atomic E-state index is 12.2. The van der Waals surface area contributed by atoms with Crippen LogP contribution in [0.5, 0.6) is 11.5 Å². The van der Waals surface area contributed by atoms with Crippen LogP contribution in [0.3, 0.4) is 0 Å². The van der Waals surface area contributed by atoms with Crippen molar-refractivity contribution in [1.82, 2.24) is 5.43 Å². The van der Waals surface area contributed by atoms with Crippen LogP contribution in [0.4, 0.5) is 0 Å². The molecular weight excluding hydrogens is 488 g/mol. The van der Waals surface area contributed by atoms with Gasteiger partial charge >= 0.3 is 0 Å². The van der Waals surface area contributed by atoms with Gasteiger partial charge in [-0.25, -0.2) is 5.43 Å². The first-order chi connectivity index (χ1) is 13.5. The monoisotopic (exact) mass is 502 g/mol. The van der Waals surface area contributed by atoms with Gasteiger partial charge in [0.15, 0.2) is 0 Å². The quantitative estimate of drug-likeness (QED) is 0.356. The third kappa shape index (κ3) is 5.68. The zero-order chi connectivity index (χ0) is 19.9. The molecule has 0 atom stereocenters. The lowest BCUT2D eigenvalue weighted by Crippen LogP contribution is -2.17. The number of halogens is 2. The minimum atomic E-state index is -0.356. The van der Waals surface area contributed by atoms with Crippen molar-refractivity contribution in [1.29, 1.82) is 0 Å². The second-order valence-corrected chi connectivity index (χ2v) is 7.67. The number of phenols is 1. The van der Waals surface area contributed by atoms with Crippen LogP contribution in [-0.4, -0.2) is 17.2 Å². The molecule has 2 N–H and O–H groups in total. The summed E-state index contributed by atoms with van der Waals surface area (Å²) in [4.78, 5) is 12.2. The summed E-state index contributed by atoms with van der Waals surface area (Å²) in [6, 6.07) is 19.6. The number of hydrogen-bond donors (Lipinski definition) is 2. The number of hydrogen-bond acceptors (Lipinski definition) is 4. The fraction of sp³-hybridized carbons (Fsp3) is 0.0476. The van der Waals surface area contributed by atoms with E-state index in [-0.39, 0.29) is 11.7 Å². The van der Waals surface area contributed by atoms with E-state index in [1.54, 1.807) is 42.5 Å². The van der Waals surface area contributed by atoms with Crippen LogP contribution < -0.4 is 10.2 Å². The van der Waals surface area contributed by atoms with Gasteiger partial charge in [-0.2, -0.15) is 5.10 Å². The number of nitrogens with zero attached hydrogens (tertiary/aromatic N) is 1. The molecule has 0 radical (unpaired) electrons. The summed E-state index contributed by atoms with van der Waals surface area (Å²) < 4.78 is 7.54. The van der Waals surface area contributed by atoms with E-state index in [9.17, 15) is 9.90 Å². The predicted molar refractivity (Wildman–Crippen MR) is 116 cm³/mol. The van der Waals surface area contributed by atoms with Crippen LogP contribution in [0.2, 0.25) is 0 Å². The van der Waals surface area contributed by atoms with E-state index in [4.69, 9.17) is 4.74 Å². The Hall–Kier alpha value is -2.64. The van der Waals surface area contributed by atoms with Crippen molar-refractivity contribution in [2.75, 3.05) is 0 Å². The highest BCUT2D eigenvalue weighted by Gasteiger charge is 2.05. The van der Waals surface area contributed by atoms with Crippen molar-refractivity contribution in [2.24, 2.45) is 5.10 Å². The van der Waals surface area contributed by atoms with Crippen molar-refractivity contribution in [3.05, 3.63) is 92.4 Å². The number of ether oxygens (including phenoxy) is 1. The Kier molecular flexibility index (Phi) is 6.84. The SMILES string of the molecule is O=C(N/N=C/c1cc(Br)ccc1O)c1ccc(OCc2ccc(Br)cc2)cc1. The third-order valence-corrected chi connectivity index (χ3v) is 4.82. The Balaban J connectivity index is 1.55. The molecule has 0 spiro atoms. The zero-order valence-electron chi connectivity index (χ0n) is 14.6. The maximum Gasteiger partial charge on any atom is 0.271 e. The van der Waals surface area contributed by atoms with Crippen molar-refractivity contribution in [3.8, 4) is 11.5 Å². The molecular formula is C21H16Br2N2O3. The number of amides is 1. The van der Waals surface area contributed by atoms with Gasteiger partial charge in [0, 0.05) is 20.1 Å². The fourth-order valence-electron chi connectivity index (χ4n) is 2.30. The van der Waals surface area contributed by atoms with Crippen LogP contribution in [-0.2, 0) is 6.61 Å². The summed E-state index contributed by atoms with van der Waals surface area (Å²) in [6.07, 6.45) is 1.38. The molecule has 3 aromatic rings. The zero-order valence-corrected chi connectivity index (χ0v) is 17.8. The molecule has 142 valence electrons. The smallest absolute Gasteiger partial charge is 0.271 e. The molecule has 0 bridgehead atoms. The Labute approximate surface area is 179 Å². The molecule has 0 aliphatic heterocycles. The molecule has 0 saturated carbocycles. The first-order valence-corrected chi connectivity index (χ1v) is 9.89. The number of carbonyl (C=O) groups is 1. The van der Waals surface area contributed by atoms with E-state index in [0.29, 0.717) is 23.5 Å². The van der Waals surface area contributed by atoms with E-state index < -0.39 is 0 Å². The molecule has 3 rings (SSSR count). The molecule has 1 amide bonds. The minimum Gasteiger partial charge on any atom is -0.507 e. The van der Waals surface area contributed by atoms with Gasteiger partial charge in [-0.15, -0.1) is 0 Å². The van der Waals surface area contributed by atoms with Gasteiger partial charge in [-0.05, 0) is 60.2 Å². The van der Waals surface area contributed by atoms with E-state index >= 15 is 0 Å². The third-order valence-electron chi connectivity index (χ3n) is 3.79. The number of carbonyl (C=O) groups excluding carboxylic acids is 1. The predicted octanol–water partition coefficient (Wildman–Crippen LogP) is 5.26. The second kappa shape index (κ2) is 9.52. The number of aromatic hydroxyl groups is 1. The number of rotatable bonds is 6. The molecule has 3 aromatic carbocycles. The van der Waals surface area contributed by atoms with Gasteiger partial charge in [-0.3, -0.25) is 4.79 Å². The highest BCUT2D eigenvalue weighted by molar-refractivity contribution is 9.10. The van der Waals surface area contributed by atoms with Crippen molar-refractivity contribution < 1.29 is 14.6 Å². The average Bonchev–Trinajstić information content (AvgIpc) is 2.70. The molecule has 0 unspecified atom stereocenters. The molecule has 0 aliphatic rings. The number of benzene rings is 3. The first kappa shape index (κ1) is 20.1. The van der Waals surface area contributed by atoms with Crippen molar-refractivity contribution in [3.63, 3.8) is 0 Å². The molecule has 5 nitrogen and oxygen atoms in total. The summed E-state index contributed by atoms with van der Waals surface area (Å²) in [7, 11) is 0. The lowest BCUT2D eigenvalue weighted by atomic mass is 10.2. The molecule has 0 heterocycles. The largest absolute Gasteiger partial charge is 0.507 e. The highest BCUT2D eigenvalue weighted by atomic mass is 79.9. The molecule has 0 aliphatic carbocycles. The molecule has 0 saturated heterocycles.